The molecule has 9 heteroatoms. The molecular formula is C12H18N4O4S. The number of aromatic carboxylic acids is 1. The van der Waals surface area contributed by atoms with Gasteiger partial charge in [0, 0.05) is 12.6 Å². The number of carboxylic acids is 1. The molecule has 116 valence electrons. The Bertz CT molecular complexity index is 661. The van der Waals surface area contributed by atoms with Gasteiger partial charge in [-0.25, -0.2) is 17.9 Å². The standard InChI is InChI=1S/C12H18N4O4S/c1-7-11(10(12(17)18)14-13-7)21(19,20)15-9-6-16-4-2-8(9)3-5-16/h8-9,15H,2-6H2,1H3,(H,13,14)(H,17,18). The van der Waals surface area contributed by atoms with Gasteiger partial charge in [0.15, 0.2) is 5.69 Å². The van der Waals surface area contributed by atoms with E-state index in [1.165, 1.54) is 6.92 Å². The van der Waals surface area contributed by atoms with Crippen molar-refractivity contribution in [2.24, 2.45) is 5.92 Å². The summed E-state index contributed by atoms with van der Waals surface area (Å²) in [5.74, 6) is -1.03. The first kappa shape index (κ1) is 14.5. The van der Waals surface area contributed by atoms with Crippen LogP contribution < -0.4 is 4.72 Å². The maximum absolute atomic E-state index is 12.5. The number of hydrogen-bond acceptors (Lipinski definition) is 5. The molecule has 4 rings (SSSR count). The number of hydrogen-bond donors (Lipinski definition) is 3. The van der Waals surface area contributed by atoms with Crippen LogP contribution in [0.25, 0.3) is 0 Å². The number of rotatable bonds is 4. The smallest absolute Gasteiger partial charge is 0.357 e. The number of sulfonamides is 1. The fraction of sp³-hybridized carbons (Fsp3) is 0.667. The Balaban J connectivity index is 1.88. The molecule has 3 N–H and O–H groups in total. The van der Waals surface area contributed by atoms with E-state index in [9.17, 15) is 13.2 Å². The zero-order valence-corrected chi connectivity index (χ0v) is 12.5. The second-order valence-corrected chi connectivity index (χ2v) is 7.35. The van der Waals surface area contributed by atoms with Crippen LogP contribution in [0.4, 0.5) is 0 Å². The molecule has 1 atom stereocenters. The maximum Gasteiger partial charge on any atom is 0.357 e. The fourth-order valence-electron chi connectivity index (χ4n) is 3.25. The van der Waals surface area contributed by atoms with E-state index in [0.717, 1.165) is 25.9 Å². The molecule has 4 heterocycles. The SMILES string of the molecule is Cc1[nH]nc(C(=O)O)c1S(=O)(=O)NC1CN2CCC1CC2. The molecule has 1 aromatic rings. The number of aryl methyl sites for hydroxylation is 1. The van der Waals surface area contributed by atoms with E-state index >= 15 is 0 Å². The van der Waals surface area contributed by atoms with E-state index in [4.69, 9.17) is 5.11 Å². The lowest BCUT2D eigenvalue weighted by molar-refractivity contribution is 0.0685. The zero-order valence-electron chi connectivity index (χ0n) is 11.7. The van der Waals surface area contributed by atoms with Crippen molar-refractivity contribution in [3.05, 3.63) is 11.4 Å². The minimum absolute atomic E-state index is 0.159. The predicted molar refractivity (Wildman–Crippen MR) is 73.6 cm³/mol. The van der Waals surface area contributed by atoms with Gasteiger partial charge >= 0.3 is 5.97 Å². The van der Waals surface area contributed by atoms with Crippen molar-refractivity contribution in [3.8, 4) is 0 Å². The second-order valence-electron chi connectivity index (χ2n) is 5.70. The van der Waals surface area contributed by atoms with Gasteiger partial charge in [-0.3, -0.25) is 5.10 Å². The summed E-state index contributed by atoms with van der Waals surface area (Å²) in [6.45, 7) is 4.20. The third-order valence-electron chi connectivity index (χ3n) is 4.33. The van der Waals surface area contributed by atoms with Gasteiger partial charge in [-0.1, -0.05) is 0 Å². The quantitative estimate of drug-likeness (QED) is 0.708. The third-order valence-corrected chi connectivity index (χ3v) is 5.98. The summed E-state index contributed by atoms with van der Waals surface area (Å²) in [6.07, 6.45) is 1.95. The summed E-state index contributed by atoms with van der Waals surface area (Å²) in [5, 5.41) is 15.1. The number of aromatic nitrogens is 2. The first-order chi connectivity index (χ1) is 9.88. The Kier molecular flexibility index (Phi) is 3.50. The first-order valence-corrected chi connectivity index (χ1v) is 8.40. The molecule has 0 radical (unpaired) electrons. The van der Waals surface area contributed by atoms with Crippen LogP contribution in [0, 0.1) is 12.8 Å². The monoisotopic (exact) mass is 314 g/mol. The van der Waals surface area contributed by atoms with Gasteiger partial charge in [-0.05, 0) is 38.8 Å². The average Bonchev–Trinajstić information content (AvgIpc) is 2.82. The number of nitrogens with one attached hydrogen (secondary N) is 2. The highest BCUT2D eigenvalue weighted by Crippen LogP contribution is 2.29. The highest BCUT2D eigenvalue weighted by molar-refractivity contribution is 7.89. The van der Waals surface area contributed by atoms with Crippen LogP contribution in [-0.4, -0.2) is 60.3 Å². The highest BCUT2D eigenvalue weighted by Gasteiger charge is 2.38. The van der Waals surface area contributed by atoms with Gasteiger partial charge in [0.25, 0.3) is 0 Å². The lowest BCUT2D eigenvalue weighted by Crippen LogP contribution is -2.57. The highest BCUT2D eigenvalue weighted by atomic mass is 32.2. The molecule has 1 unspecified atom stereocenters. The molecule has 0 aromatic carbocycles. The van der Waals surface area contributed by atoms with Crippen LogP contribution in [0.1, 0.15) is 29.0 Å². The van der Waals surface area contributed by atoms with Gasteiger partial charge in [-0.2, -0.15) is 5.10 Å². The number of H-pyrrole nitrogens is 1. The molecular weight excluding hydrogens is 296 g/mol. The summed E-state index contributed by atoms with van der Waals surface area (Å²) < 4.78 is 27.7. The zero-order chi connectivity index (χ0) is 15.2. The number of nitrogens with zero attached hydrogens (tertiary/aromatic N) is 2. The minimum atomic E-state index is -3.90. The first-order valence-electron chi connectivity index (χ1n) is 6.91. The molecule has 0 saturated carbocycles. The molecule has 3 aliphatic rings. The van der Waals surface area contributed by atoms with Crippen molar-refractivity contribution in [1.82, 2.24) is 19.8 Å². The molecule has 0 amide bonds. The van der Waals surface area contributed by atoms with Crippen LogP contribution in [-0.2, 0) is 10.0 Å². The number of piperidine rings is 3. The summed E-state index contributed by atoms with van der Waals surface area (Å²) in [5.41, 5.74) is -0.220. The van der Waals surface area contributed by atoms with E-state index in [1.807, 2.05) is 0 Å². The Morgan fingerprint density at radius 1 is 1.43 bits per heavy atom. The summed E-state index contributed by atoms with van der Waals surface area (Å²) in [7, 11) is -3.90. The predicted octanol–water partition coefficient (Wildman–Crippen LogP) is -0.211. The van der Waals surface area contributed by atoms with E-state index in [1.54, 1.807) is 0 Å². The largest absolute Gasteiger partial charge is 0.476 e. The Hall–Kier alpha value is -1.45. The molecule has 3 aliphatic heterocycles. The van der Waals surface area contributed by atoms with E-state index in [-0.39, 0.29) is 16.6 Å². The number of aromatic amines is 1. The lowest BCUT2D eigenvalue weighted by Gasteiger charge is -2.44. The van der Waals surface area contributed by atoms with Crippen LogP contribution in [0.3, 0.4) is 0 Å². The maximum atomic E-state index is 12.5. The van der Waals surface area contributed by atoms with Crippen molar-refractivity contribution >= 4 is 16.0 Å². The van der Waals surface area contributed by atoms with Gasteiger partial charge in [0.05, 0.1) is 5.69 Å². The van der Waals surface area contributed by atoms with Crippen molar-refractivity contribution in [2.45, 2.75) is 30.7 Å². The van der Waals surface area contributed by atoms with Gasteiger partial charge in [0.2, 0.25) is 10.0 Å². The Morgan fingerprint density at radius 2 is 2.10 bits per heavy atom. The summed E-state index contributed by atoms with van der Waals surface area (Å²) in [4.78, 5) is 13.1. The second kappa shape index (κ2) is 5.08. The Morgan fingerprint density at radius 3 is 2.62 bits per heavy atom. The number of carbonyl (C=O) groups is 1. The molecule has 8 nitrogen and oxygen atoms in total. The van der Waals surface area contributed by atoms with Crippen molar-refractivity contribution in [3.63, 3.8) is 0 Å². The van der Waals surface area contributed by atoms with Crippen molar-refractivity contribution in [2.75, 3.05) is 19.6 Å². The van der Waals surface area contributed by atoms with Crippen molar-refractivity contribution < 1.29 is 18.3 Å². The molecule has 1 aromatic heterocycles. The van der Waals surface area contributed by atoms with Gasteiger partial charge < -0.3 is 10.0 Å². The third kappa shape index (κ3) is 2.56. The summed E-state index contributed by atoms with van der Waals surface area (Å²) in [6, 6.07) is -0.159. The lowest BCUT2D eigenvalue weighted by atomic mass is 9.85. The van der Waals surface area contributed by atoms with Crippen molar-refractivity contribution in [1.29, 1.82) is 0 Å². The Labute approximate surface area is 122 Å². The van der Waals surface area contributed by atoms with E-state index in [2.05, 4.69) is 19.8 Å². The number of fused-ring (bicyclic) bond motifs is 3. The van der Waals surface area contributed by atoms with Gasteiger partial charge in [0.1, 0.15) is 4.90 Å². The van der Waals surface area contributed by atoms with Crippen LogP contribution in [0.15, 0.2) is 4.90 Å². The van der Waals surface area contributed by atoms with E-state index in [0.29, 0.717) is 12.5 Å². The van der Waals surface area contributed by atoms with Crippen LogP contribution >= 0.6 is 0 Å². The van der Waals surface area contributed by atoms with Gasteiger partial charge in [-0.15, -0.1) is 0 Å². The fourth-order valence-corrected chi connectivity index (χ4v) is 4.87. The number of carboxylic acid groups (broad SMARTS) is 1. The molecule has 2 bridgehead atoms. The average molecular weight is 314 g/mol. The van der Waals surface area contributed by atoms with Crippen LogP contribution in [0.5, 0.6) is 0 Å². The van der Waals surface area contributed by atoms with Crippen LogP contribution in [0.2, 0.25) is 0 Å². The summed E-state index contributed by atoms with van der Waals surface area (Å²) >= 11 is 0. The normalized spacial score (nSPS) is 28.7. The van der Waals surface area contributed by atoms with E-state index < -0.39 is 21.7 Å². The molecule has 3 saturated heterocycles. The molecule has 0 spiro atoms. The topological polar surface area (TPSA) is 115 Å². The molecule has 0 aliphatic carbocycles. The molecule has 21 heavy (non-hydrogen) atoms. The minimum Gasteiger partial charge on any atom is -0.476 e. The molecule has 3 fully saturated rings.